The standard InChI is InChI=1S/C17H19BrN2O/c1-17(2,3)14-13(18)16(21)20-15(19-14)12-8-6-11(7-9-12)10-4-5-10/h6-10H,4-5H2,1-3H3,(H,19,20,21). The van der Waals surface area contributed by atoms with Crippen LogP contribution in [0.1, 0.15) is 50.8 Å². The molecular weight excluding hydrogens is 328 g/mol. The second-order valence-electron chi connectivity index (χ2n) is 6.72. The molecule has 1 aromatic carbocycles. The van der Waals surface area contributed by atoms with Gasteiger partial charge in [-0.1, -0.05) is 45.0 Å². The predicted octanol–water partition coefficient (Wildman–Crippen LogP) is 4.37. The molecule has 0 radical (unpaired) electrons. The van der Waals surface area contributed by atoms with Crippen molar-refractivity contribution in [2.45, 2.75) is 44.9 Å². The van der Waals surface area contributed by atoms with Crippen molar-refractivity contribution < 1.29 is 0 Å². The van der Waals surface area contributed by atoms with E-state index in [2.05, 4.69) is 58.8 Å². The van der Waals surface area contributed by atoms with Crippen molar-refractivity contribution in [3.05, 3.63) is 50.3 Å². The van der Waals surface area contributed by atoms with E-state index >= 15 is 0 Å². The highest BCUT2D eigenvalue weighted by molar-refractivity contribution is 9.10. The SMILES string of the molecule is CC(C)(C)c1nc(-c2ccc(C3CC3)cc2)[nH]c(=O)c1Br. The van der Waals surface area contributed by atoms with Crippen LogP contribution in [0.25, 0.3) is 11.4 Å². The second kappa shape index (κ2) is 5.09. The molecule has 0 unspecified atom stereocenters. The highest BCUT2D eigenvalue weighted by Gasteiger charge is 2.24. The molecule has 0 spiro atoms. The summed E-state index contributed by atoms with van der Waals surface area (Å²) in [6, 6.07) is 8.39. The topological polar surface area (TPSA) is 45.8 Å². The van der Waals surface area contributed by atoms with Crippen molar-refractivity contribution in [3.8, 4) is 11.4 Å². The highest BCUT2D eigenvalue weighted by Crippen LogP contribution is 2.40. The third-order valence-electron chi connectivity index (χ3n) is 3.81. The van der Waals surface area contributed by atoms with Crippen molar-refractivity contribution in [1.82, 2.24) is 9.97 Å². The molecule has 1 fully saturated rings. The first-order chi connectivity index (χ1) is 9.86. The number of hydrogen-bond donors (Lipinski definition) is 1. The molecular formula is C17H19BrN2O. The van der Waals surface area contributed by atoms with E-state index in [1.54, 1.807) is 0 Å². The van der Waals surface area contributed by atoms with Gasteiger partial charge in [-0.05, 0) is 40.3 Å². The van der Waals surface area contributed by atoms with E-state index < -0.39 is 0 Å². The Kier molecular flexibility index (Phi) is 3.52. The zero-order valence-corrected chi connectivity index (χ0v) is 14.1. The number of hydrogen-bond acceptors (Lipinski definition) is 2. The first kappa shape index (κ1) is 14.5. The molecule has 1 aliphatic rings. The Morgan fingerprint density at radius 2 is 1.81 bits per heavy atom. The summed E-state index contributed by atoms with van der Waals surface area (Å²) in [5.41, 5.74) is 2.81. The Hall–Kier alpha value is -1.42. The molecule has 0 bridgehead atoms. The summed E-state index contributed by atoms with van der Waals surface area (Å²) in [6.07, 6.45) is 2.59. The van der Waals surface area contributed by atoms with E-state index in [-0.39, 0.29) is 11.0 Å². The van der Waals surface area contributed by atoms with E-state index in [4.69, 9.17) is 0 Å². The minimum atomic E-state index is -0.185. The second-order valence-corrected chi connectivity index (χ2v) is 7.52. The van der Waals surface area contributed by atoms with Crippen LogP contribution in [0, 0.1) is 0 Å². The lowest BCUT2D eigenvalue weighted by Crippen LogP contribution is -2.22. The fourth-order valence-corrected chi connectivity index (χ4v) is 3.20. The first-order valence-corrected chi connectivity index (χ1v) is 8.06. The predicted molar refractivity (Wildman–Crippen MR) is 88.7 cm³/mol. The summed E-state index contributed by atoms with van der Waals surface area (Å²) in [4.78, 5) is 19.6. The molecule has 4 heteroatoms. The van der Waals surface area contributed by atoms with E-state index in [0.717, 1.165) is 17.2 Å². The number of aromatic amines is 1. The fourth-order valence-electron chi connectivity index (χ4n) is 2.42. The van der Waals surface area contributed by atoms with Crippen molar-refractivity contribution in [2.24, 2.45) is 0 Å². The zero-order valence-electron chi connectivity index (χ0n) is 12.5. The lowest BCUT2D eigenvalue weighted by Gasteiger charge is -2.19. The molecule has 0 amide bonds. The van der Waals surface area contributed by atoms with Gasteiger partial charge in [-0.2, -0.15) is 0 Å². The number of halogens is 1. The Labute approximate surface area is 133 Å². The maximum absolute atomic E-state index is 12.1. The Morgan fingerprint density at radius 1 is 1.19 bits per heavy atom. The van der Waals surface area contributed by atoms with Crippen LogP contribution in [-0.2, 0) is 5.41 Å². The summed E-state index contributed by atoms with van der Waals surface area (Å²) < 4.78 is 0.522. The molecule has 0 atom stereocenters. The Balaban J connectivity index is 2.05. The number of aromatic nitrogens is 2. The van der Waals surface area contributed by atoms with Gasteiger partial charge in [0.15, 0.2) is 0 Å². The van der Waals surface area contributed by atoms with E-state index in [9.17, 15) is 4.79 Å². The molecule has 3 rings (SSSR count). The summed E-state index contributed by atoms with van der Waals surface area (Å²) in [7, 11) is 0. The van der Waals surface area contributed by atoms with Gasteiger partial charge < -0.3 is 4.98 Å². The van der Waals surface area contributed by atoms with Crippen molar-refractivity contribution in [1.29, 1.82) is 0 Å². The van der Waals surface area contributed by atoms with E-state index in [1.807, 2.05) is 12.1 Å². The number of rotatable bonds is 2. The van der Waals surface area contributed by atoms with Crippen LogP contribution in [0.4, 0.5) is 0 Å². The molecule has 1 N–H and O–H groups in total. The van der Waals surface area contributed by atoms with Crippen molar-refractivity contribution in [3.63, 3.8) is 0 Å². The monoisotopic (exact) mass is 346 g/mol. The van der Waals surface area contributed by atoms with Gasteiger partial charge >= 0.3 is 0 Å². The van der Waals surface area contributed by atoms with Gasteiger partial charge in [-0.25, -0.2) is 4.98 Å². The lowest BCUT2D eigenvalue weighted by molar-refractivity contribution is 0.562. The number of nitrogens with one attached hydrogen (secondary N) is 1. The normalized spacial score (nSPS) is 15.2. The molecule has 21 heavy (non-hydrogen) atoms. The molecule has 0 saturated heterocycles. The van der Waals surface area contributed by atoms with Crippen LogP contribution in [-0.4, -0.2) is 9.97 Å². The van der Waals surface area contributed by atoms with Crippen LogP contribution in [0.2, 0.25) is 0 Å². The molecule has 1 saturated carbocycles. The van der Waals surface area contributed by atoms with Crippen LogP contribution < -0.4 is 5.56 Å². The first-order valence-electron chi connectivity index (χ1n) is 7.27. The average Bonchev–Trinajstić information content (AvgIpc) is 3.25. The van der Waals surface area contributed by atoms with Crippen molar-refractivity contribution >= 4 is 15.9 Å². The van der Waals surface area contributed by atoms with E-state index in [0.29, 0.717) is 10.3 Å². The molecule has 0 aliphatic heterocycles. The average molecular weight is 347 g/mol. The van der Waals surface area contributed by atoms with Gasteiger partial charge in [0.25, 0.3) is 5.56 Å². The molecule has 110 valence electrons. The summed E-state index contributed by atoms with van der Waals surface area (Å²) in [6.45, 7) is 6.17. The van der Waals surface area contributed by atoms with Crippen LogP contribution in [0.5, 0.6) is 0 Å². The van der Waals surface area contributed by atoms with Gasteiger partial charge in [0.1, 0.15) is 10.3 Å². The third-order valence-corrected chi connectivity index (χ3v) is 4.54. The summed E-state index contributed by atoms with van der Waals surface area (Å²) in [5, 5.41) is 0. The van der Waals surface area contributed by atoms with Gasteiger partial charge in [0.2, 0.25) is 0 Å². The zero-order chi connectivity index (χ0) is 15.2. The molecule has 3 nitrogen and oxygen atoms in total. The van der Waals surface area contributed by atoms with Gasteiger partial charge in [0, 0.05) is 11.0 Å². The van der Waals surface area contributed by atoms with Crippen LogP contribution in [0.15, 0.2) is 33.5 Å². The van der Waals surface area contributed by atoms with Crippen molar-refractivity contribution in [2.75, 3.05) is 0 Å². The summed E-state index contributed by atoms with van der Waals surface area (Å²) >= 11 is 3.36. The smallest absolute Gasteiger partial charge is 0.265 e. The molecule has 2 aromatic rings. The minimum Gasteiger partial charge on any atom is -0.306 e. The quantitative estimate of drug-likeness (QED) is 0.877. The maximum atomic E-state index is 12.1. The Morgan fingerprint density at radius 3 is 2.33 bits per heavy atom. The van der Waals surface area contributed by atoms with Crippen LogP contribution in [0.3, 0.4) is 0 Å². The number of benzene rings is 1. The Bertz CT molecular complexity index is 722. The highest BCUT2D eigenvalue weighted by atomic mass is 79.9. The van der Waals surface area contributed by atoms with Gasteiger partial charge in [-0.15, -0.1) is 0 Å². The molecule has 1 aromatic heterocycles. The van der Waals surface area contributed by atoms with Crippen LogP contribution >= 0.6 is 15.9 Å². The summed E-state index contributed by atoms with van der Waals surface area (Å²) in [5.74, 6) is 1.37. The van der Waals surface area contributed by atoms with Gasteiger partial charge in [-0.3, -0.25) is 4.79 Å². The number of H-pyrrole nitrogens is 1. The minimum absolute atomic E-state index is 0.129. The third kappa shape index (κ3) is 2.95. The fraction of sp³-hybridized carbons (Fsp3) is 0.412. The maximum Gasteiger partial charge on any atom is 0.265 e. The molecule has 1 aliphatic carbocycles. The lowest BCUT2D eigenvalue weighted by atomic mass is 9.92. The van der Waals surface area contributed by atoms with E-state index in [1.165, 1.54) is 18.4 Å². The molecule has 1 heterocycles. The largest absolute Gasteiger partial charge is 0.306 e. The van der Waals surface area contributed by atoms with Gasteiger partial charge in [0.05, 0.1) is 5.69 Å². The number of nitrogens with zero attached hydrogens (tertiary/aromatic N) is 1.